The van der Waals surface area contributed by atoms with E-state index in [1.54, 1.807) is 4.90 Å². The van der Waals surface area contributed by atoms with Gasteiger partial charge in [-0.2, -0.15) is 5.10 Å². The van der Waals surface area contributed by atoms with Gasteiger partial charge in [-0.1, -0.05) is 13.3 Å². The van der Waals surface area contributed by atoms with Crippen LogP contribution in [-0.4, -0.2) is 44.8 Å². The zero-order valence-corrected chi connectivity index (χ0v) is 11.3. The fourth-order valence-corrected chi connectivity index (χ4v) is 2.56. The second-order valence-electron chi connectivity index (χ2n) is 5.31. The van der Waals surface area contributed by atoms with E-state index in [0.29, 0.717) is 19.5 Å². The summed E-state index contributed by atoms with van der Waals surface area (Å²) >= 11 is 0. The van der Waals surface area contributed by atoms with Gasteiger partial charge in [0.1, 0.15) is 0 Å². The molecule has 1 aliphatic heterocycles. The third kappa shape index (κ3) is 2.41. The topological polar surface area (TPSA) is 69.2 Å². The van der Waals surface area contributed by atoms with Crippen molar-refractivity contribution in [3.05, 3.63) is 17.0 Å². The normalized spacial score (nSPS) is 17.7. The fourth-order valence-electron chi connectivity index (χ4n) is 2.56. The molecule has 5 heteroatoms. The zero-order valence-electron chi connectivity index (χ0n) is 11.3. The Hall–Kier alpha value is -1.36. The molecule has 0 radical (unpaired) electrons. The summed E-state index contributed by atoms with van der Waals surface area (Å²) in [6, 6.07) is 0. The van der Waals surface area contributed by atoms with E-state index < -0.39 is 5.60 Å². The van der Waals surface area contributed by atoms with Crippen LogP contribution >= 0.6 is 0 Å². The molecule has 0 aromatic carbocycles. The van der Waals surface area contributed by atoms with Gasteiger partial charge in [0.25, 0.3) is 0 Å². The van der Waals surface area contributed by atoms with Crippen molar-refractivity contribution in [1.82, 2.24) is 15.1 Å². The summed E-state index contributed by atoms with van der Waals surface area (Å²) in [7, 11) is 0. The van der Waals surface area contributed by atoms with Gasteiger partial charge in [-0.05, 0) is 20.3 Å². The van der Waals surface area contributed by atoms with Crippen LogP contribution in [0.1, 0.15) is 36.7 Å². The van der Waals surface area contributed by atoms with Gasteiger partial charge < -0.3 is 10.0 Å². The molecule has 0 aliphatic carbocycles. The van der Waals surface area contributed by atoms with Crippen molar-refractivity contribution < 1.29 is 9.90 Å². The molecule has 2 rings (SSSR count). The van der Waals surface area contributed by atoms with Crippen LogP contribution in [0.5, 0.6) is 0 Å². The van der Waals surface area contributed by atoms with Gasteiger partial charge in [0.05, 0.1) is 30.8 Å². The number of β-amino-alcohol motifs (C(OH)–C–C–N with tert-alkyl or cyclic N) is 1. The molecule has 1 aromatic heterocycles. The van der Waals surface area contributed by atoms with E-state index >= 15 is 0 Å². The second kappa shape index (κ2) is 4.72. The first-order valence-corrected chi connectivity index (χ1v) is 6.46. The van der Waals surface area contributed by atoms with E-state index in [-0.39, 0.29) is 5.91 Å². The largest absolute Gasteiger partial charge is 0.386 e. The average molecular weight is 251 g/mol. The van der Waals surface area contributed by atoms with E-state index in [9.17, 15) is 9.90 Å². The second-order valence-corrected chi connectivity index (χ2v) is 5.31. The maximum Gasteiger partial charge on any atom is 0.227 e. The molecule has 0 spiro atoms. The van der Waals surface area contributed by atoms with E-state index in [2.05, 4.69) is 10.2 Å². The number of aromatic amines is 1. The van der Waals surface area contributed by atoms with Crippen LogP contribution in [0.2, 0.25) is 0 Å². The Labute approximate surface area is 107 Å². The van der Waals surface area contributed by atoms with E-state index in [0.717, 1.165) is 29.8 Å². The molecule has 5 nitrogen and oxygen atoms in total. The highest BCUT2D eigenvalue weighted by atomic mass is 16.3. The Morgan fingerprint density at radius 2 is 2.17 bits per heavy atom. The van der Waals surface area contributed by atoms with Gasteiger partial charge in [-0.25, -0.2) is 0 Å². The Morgan fingerprint density at radius 3 is 2.67 bits per heavy atom. The lowest BCUT2D eigenvalue weighted by Crippen LogP contribution is -2.63. The molecule has 1 aromatic rings. The monoisotopic (exact) mass is 251 g/mol. The first-order chi connectivity index (χ1) is 8.45. The quantitative estimate of drug-likeness (QED) is 0.837. The molecule has 1 saturated heterocycles. The highest BCUT2D eigenvalue weighted by Gasteiger charge is 2.42. The lowest BCUT2D eigenvalue weighted by Gasteiger charge is -2.46. The molecule has 1 aliphatic rings. The van der Waals surface area contributed by atoms with Crippen molar-refractivity contribution in [3.8, 4) is 0 Å². The van der Waals surface area contributed by atoms with Gasteiger partial charge in [0.15, 0.2) is 0 Å². The molecule has 2 N–H and O–H groups in total. The molecule has 1 amide bonds. The van der Waals surface area contributed by atoms with Crippen LogP contribution in [0.15, 0.2) is 0 Å². The maximum absolute atomic E-state index is 12.1. The van der Waals surface area contributed by atoms with Gasteiger partial charge in [0.2, 0.25) is 5.91 Å². The number of nitrogens with zero attached hydrogens (tertiary/aromatic N) is 2. The van der Waals surface area contributed by atoms with Crippen LogP contribution in [0.4, 0.5) is 0 Å². The molecular weight excluding hydrogens is 230 g/mol. The number of carbonyl (C=O) groups excluding carboxylic acids is 1. The van der Waals surface area contributed by atoms with Crippen molar-refractivity contribution in [2.45, 2.75) is 45.6 Å². The van der Waals surface area contributed by atoms with Crippen LogP contribution < -0.4 is 0 Å². The summed E-state index contributed by atoms with van der Waals surface area (Å²) < 4.78 is 0. The smallest absolute Gasteiger partial charge is 0.227 e. The predicted molar refractivity (Wildman–Crippen MR) is 68.2 cm³/mol. The van der Waals surface area contributed by atoms with Gasteiger partial charge in [-0.3, -0.25) is 9.89 Å². The maximum atomic E-state index is 12.1. The molecule has 0 unspecified atom stereocenters. The summed E-state index contributed by atoms with van der Waals surface area (Å²) in [5, 5.41) is 17.0. The summed E-state index contributed by atoms with van der Waals surface area (Å²) in [6.45, 7) is 6.80. The van der Waals surface area contributed by atoms with Crippen molar-refractivity contribution in [2.75, 3.05) is 13.1 Å². The van der Waals surface area contributed by atoms with E-state index in [1.165, 1.54) is 0 Å². The van der Waals surface area contributed by atoms with E-state index in [1.807, 2.05) is 20.8 Å². The number of nitrogens with one attached hydrogen (secondary N) is 1. The standard InChI is InChI=1S/C13H21N3O2/c1-4-5-13(18)7-16(8-13)12(17)6-11-9(2)14-15-10(11)3/h18H,4-8H2,1-3H3,(H,14,15). The highest BCUT2D eigenvalue weighted by molar-refractivity contribution is 5.80. The molecule has 1 fully saturated rings. The number of likely N-dealkylation sites (tertiary alicyclic amines) is 1. The molecule has 0 atom stereocenters. The van der Waals surface area contributed by atoms with Crippen LogP contribution in [0.25, 0.3) is 0 Å². The molecular formula is C13H21N3O2. The number of aryl methyl sites for hydroxylation is 2. The Balaban J connectivity index is 1.92. The number of hydrogen-bond donors (Lipinski definition) is 2. The first kappa shape index (κ1) is 13.1. The average Bonchev–Trinajstić information content (AvgIpc) is 2.57. The van der Waals surface area contributed by atoms with Gasteiger partial charge >= 0.3 is 0 Å². The molecule has 2 heterocycles. The lowest BCUT2D eigenvalue weighted by atomic mass is 9.89. The number of amides is 1. The SMILES string of the molecule is CCCC1(O)CN(C(=O)Cc2c(C)n[nH]c2C)C1. The molecule has 100 valence electrons. The van der Waals surface area contributed by atoms with Crippen LogP contribution in [0, 0.1) is 13.8 Å². The number of carbonyl (C=O) groups is 1. The van der Waals surface area contributed by atoms with Gasteiger partial charge in [0, 0.05) is 11.3 Å². The fraction of sp³-hybridized carbons (Fsp3) is 0.692. The van der Waals surface area contributed by atoms with Crippen LogP contribution in [-0.2, 0) is 11.2 Å². The minimum atomic E-state index is -0.648. The predicted octanol–water partition coefficient (Wildman–Crippen LogP) is 0.942. The summed E-state index contributed by atoms with van der Waals surface area (Å²) in [5.41, 5.74) is 2.16. The first-order valence-electron chi connectivity index (χ1n) is 6.46. The third-order valence-corrected chi connectivity index (χ3v) is 3.65. The van der Waals surface area contributed by atoms with Crippen molar-refractivity contribution in [3.63, 3.8) is 0 Å². The van der Waals surface area contributed by atoms with Gasteiger partial charge in [-0.15, -0.1) is 0 Å². The number of aliphatic hydroxyl groups is 1. The Morgan fingerprint density at radius 1 is 1.50 bits per heavy atom. The summed E-state index contributed by atoms with van der Waals surface area (Å²) in [6.07, 6.45) is 2.08. The molecule has 0 saturated carbocycles. The summed E-state index contributed by atoms with van der Waals surface area (Å²) in [4.78, 5) is 13.8. The third-order valence-electron chi connectivity index (χ3n) is 3.65. The number of hydrogen-bond acceptors (Lipinski definition) is 3. The number of H-pyrrole nitrogens is 1. The molecule has 18 heavy (non-hydrogen) atoms. The number of aromatic nitrogens is 2. The lowest BCUT2D eigenvalue weighted by molar-refractivity contribution is -0.155. The molecule has 0 bridgehead atoms. The van der Waals surface area contributed by atoms with Crippen LogP contribution in [0.3, 0.4) is 0 Å². The zero-order chi connectivity index (χ0) is 13.3. The minimum Gasteiger partial charge on any atom is -0.386 e. The van der Waals surface area contributed by atoms with Crippen molar-refractivity contribution in [2.24, 2.45) is 0 Å². The minimum absolute atomic E-state index is 0.0726. The van der Waals surface area contributed by atoms with E-state index in [4.69, 9.17) is 0 Å². The van der Waals surface area contributed by atoms with Crippen molar-refractivity contribution >= 4 is 5.91 Å². The Bertz CT molecular complexity index is 428. The Kier molecular flexibility index (Phi) is 3.43. The van der Waals surface area contributed by atoms with Crippen molar-refractivity contribution in [1.29, 1.82) is 0 Å². The highest BCUT2D eigenvalue weighted by Crippen LogP contribution is 2.26. The summed E-state index contributed by atoms with van der Waals surface area (Å²) in [5.74, 6) is 0.0726. The number of rotatable bonds is 4.